The highest BCUT2D eigenvalue weighted by Gasteiger charge is 2.50. The summed E-state index contributed by atoms with van der Waals surface area (Å²) < 4.78 is 5.54. The number of aryl methyl sites for hydroxylation is 1. The Morgan fingerprint density at radius 3 is 2.86 bits per heavy atom. The van der Waals surface area contributed by atoms with Crippen molar-refractivity contribution in [2.24, 2.45) is 11.1 Å². The number of aromatic amines is 1. The van der Waals surface area contributed by atoms with Crippen LogP contribution in [0.25, 0.3) is 33.5 Å². The number of nitrogens with zero attached hydrogens (tertiary/aromatic N) is 4. The van der Waals surface area contributed by atoms with Crippen LogP contribution in [-0.4, -0.2) is 63.1 Å². The minimum Gasteiger partial charge on any atom is -0.461 e. The van der Waals surface area contributed by atoms with Gasteiger partial charge in [0, 0.05) is 48.5 Å². The van der Waals surface area contributed by atoms with Gasteiger partial charge in [0.1, 0.15) is 6.61 Å². The molecule has 3 aromatic heterocycles. The molecule has 1 aromatic carbocycles. The normalized spacial score (nSPS) is 17.3. The van der Waals surface area contributed by atoms with Gasteiger partial charge in [0.2, 0.25) is 0 Å². The number of hydrogen-bond acceptors (Lipinski definition) is 7. The minimum atomic E-state index is -0.352. The number of ether oxygens (including phenoxy) is 1. The molecule has 0 unspecified atom stereocenters. The lowest BCUT2D eigenvalue weighted by atomic mass is 9.61. The molecule has 35 heavy (non-hydrogen) atoms. The standard InChI is InChI=1S/C27H28N6O2/c1-17-3-2-4-23(32-17)25-24(30-16-31-25)18-5-6-22-19(9-18)10-20(13-29-22)26(34)35-8-7-33-14-27(15-33)11-21(28)12-27/h2-6,9-10,13,16,21H,7-8,11-12,14-15,28H2,1H3,(H,30,31). The third kappa shape index (κ3) is 4.19. The zero-order chi connectivity index (χ0) is 24.0. The van der Waals surface area contributed by atoms with Gasteiger partial charge in [-0.2, -0.15) is 0 Å². The van der Waals surface area contributed by atoms with Crippen LogP contribution in [0.2, 0.25) is 0 Å². The number of nitrogens with one attached hydrogen (secondary N) is 1. The van der Waals surface area contributed by atoms with E-state index in [2.05, 4.69) is 24.8 Å². The highest BCUT2D eigenvalue weighted by atomic mass is 16.5. The summed E-state index contributed by atoms with van der Waals surface area (Å²) in [6.45, 7) is 5.21. The molecule has 8 heteroatoms. The fourth-order valence-electron chi connectivity index (χ4n) is 5.50. The molecule has 0 atom stereocenters. The monoisotopic (exact) mass is 468 g/mol. The average molecular weight is 469 g/mol. The van der Waals surface area contributed by atoms with E-state index in [4.69, 9.17) is 10.5 Å². The van der Waals surface area contributed by atoms with E-state index in [1.54, 1.807) is 12.5 Å². The molecule has 6 rings (SSSR count). The van der Waals surface area contributed by atoms with Gasteiger partial charge in [0.25, 0.3) is 0 Å². The van der Waals surface area contributed by atoms with Crippen LogP contribution in [0.3, 0.4) is 0 Å². The maximum atomic E-state index is 12.7. The zero-order valence-corrected chi connectivity index (χ0v) is 19.7. The molecular weight excluding hydrogens is 440 g/mol. The number of carbonyl (C=O) groups excluding carboxylic acids is 1. The molecule has 1 saturated heterocycles. The maximum Gasteiger partial charge on any atom is 0.339 e. The summed E-state index contributed by atoms with van der Waals surface area (Å²) in [5.74, 6) is -0.352. The maximum absolute atomic E-state index is 12.7. The van der Waals surface area contributed by atoms with Crippen LogP contribution in [0.5, 0.6) is 0 Å². The van der Waals surface area contributed by atoms with E-state index in [9.17, 15) is 4.79 Å². The number of nitrogens with two attached hydrogens (primary N) is 1. The predicted octanol–water partition coefficient (Wildman–Crippen LogP) is 3.58. The largest absolute Gasteiger partial charge is 0.461 e. The summed E-state index contributed by atoms with van der Waals surface area (Å²) in [6.07, 6.45) is 5.49. The van der Waals surface area contributed by atoms with Crippen molar-refractivity contribution in [3.05, 3.63) is 66.2 Å². The molecule has 0 radical (unpaired) electrons. The fourth-order valence-corrected chi connectivity index (χ4v) is 5.50. The number of fused-ring (bicyclic) bond motifs is 1. The van der Waals surface area contributed by atoms with E-state index in [0.717, 1.165) is 71.7 Å². The Morgan fingerprint density at radius 2 is 2.06 bits per heavy atom. The second-order valence-electron chi connectivity index (χ2n) is 9.94. The first-order valence-corrected chi connectivity index (χ1v) is 12.0. The van der Waals surface area contributed by atoms with Crippen molar-refractivity contribution in [1.29, 1.82) is 0 Å². The van der Waals surface area contributed by atoms with E-state index in [1.165, 1.54) is 0 Å². The van der Waals surface area contributed by atoms with Crippen LogP contribution >= 0.6 is 0 Å². The third-order valence-electron chi connectivity index (χ3n) is 7.12. The summed E-state index contributed by atoms with van der Waals surface area (Å²) in [7, 11) is 0. The lowest BCUT2D eigenvalue weighted by molar-refractivity contribution is -0.0764. The molecule has 2 fully saturated rings. The molecule has 2 aliphatic rings. The summed E-state index contributed by atoms with van der Waals surface area (Å²) in [6, 6.07) is 14.0. The van der Waals surface area contributed by atoms with Crippen molar-refractivity contribution < 1.29 is 9.53 Å². The van der Waals surface area contributed by atoms with E-state index < -0.39 is 0 Å². The Morgan fingerprint density at radius 1 is 1.20 bits per heavy atom. The number of rotatable bonds is 6. The van der Waals surface area contributed by atoms with Gasteiger partial charge >= 0.3 is 5.97 Å². The van der Waals surface area contributed by atoms with Crippen LogP contribution in [-0.2, 0) is 4.74 Å². The van der Waals surface area contributed by atoms with Crippen LogP contribution < -0.4 is 5.73 Å². The van der Waals surface area contributed by atoms with Crippen molar-refractivity contribution in [2.45, 2.75) is 25.8 Å². The number of likely N-dealkylation sites (tertiary alicyclic amines) is 1. The van der Waals surface area contributed by atoms with Crippen molar-refractivity contribution in [1.82, 2.24) is 24.8 Å². The summed E-state index contributed by atoms with van der Waals surface area (Å²) in [4.78, 5) is 31.8. The van der Waals surface area contributed by atoms with Gasteiger partial charge in [-0.3, -0.25) is 14.9 Å². The Bertz CT molecular complexity index is 1400. The highest BCUT2D eigenvalue weighted by molar-refractivity contribution is 5.95. The van der Waals surface area contributed by atoms with Crippen molar-refractivity contribution >= 4 is 16.9 Å². The minimum absolute atomic E-state index is 0.352. The lowest BCUT2D eigenvalue weighted by Crippen LogP contribution is -2.65. The van der Waals surface area contributed by atoms with Gasteiger partial charge in [-0.1, -0.05) is 12.1 Å². The summed E-state index contributed by atoms with van der Waals surface area (Å²) in [5.41, 5.74) is 12.0. The second kappa shape index (κ2) is 8.55. The van der Waals surface area contributed by atoms with E-state index in [1.807, 2.05) is 49.4 Å². The molecule has 4 heterocycles. The van der Waals surface area contributed by atoms with Gasteiger partial charge in [-0.15, -0.1) is 0 Å². The molecule has 0 bridgehead atoms. The van der Waals surface area contributed by atoms with Gasteiger partial charge in [-0.25, -0.2) is 9.78 Å². The molecule has 1 aliphatic heterocycles. The predicted molar refractivity (Wildman–Crippen MR) is 134 cm³/mol. The first-order valence-electron chi connectivity index (χ1n) is 12.0. The second-order valence-corrected chi connectivity index (χ2v) is 9.94. The molecule has 8 nitrogen and oxygen atoms in total. The van der Waals surface area contributed by atoms with Gasteiger partial charge < -0.3 is 15.5 Å². The SMILES string of the molecule is Cc1cccc(-c2[nH]cnc2-c2ccc3ncc(C(=O)OCCN4CC5(CC(N)C5)C4)cc3c2)n1. The van der Waals surface area contributed by atoms with E-state index in [0.29, 0.717) is 23.6 Å². The van der Waals surface area contributed by atoms with Gasteiger partial charge in [0.05, 0.1) is 34.5 Å². The molecule has 1 spiro atoms. The van der Waals surface area contributed by atoms with Crippen molar-refractivity contribution in [3.63, 3.8) is 0 Å². The Labute approximate surface area is 203 Å². The van der Waals surface area contributed by atoms with Crippen molar-refractivity contribution in [3.8, 4) is 22.6 Å². The Balaban J connectivity index is 1.15. The van der Waals surface area contributed by atoms with Crippen LogP contribution in [0.1, 0.15) is 28.9 Å². The van der Waals surface area contributed by atoms with E-state index in [-0.39, 0.29) is 5.97 Å². The van der Waals surface area contributed by atoms with Gasteiger partial charge in [0.15, 0.2) is 0 Å². The van der Waals surface area contributed by atoms with Crippen LogP contribution in [0, 0.1) is 12.3 Å². The Kier molecular flexibility index (Phi) is 5.35. The topological polar surface area (TPSA) is 110 Å². The van der Waals surface area contributed by atoms with Crippen LogP contribution in [0.4, 0.5) is 0 Å². The molecule has 0 amide bonds. The average Bonchev–Trinajstić information content (AvgIpc) is 3.31. The summed E-state index contributed by atoms with van der Waals surface area (Å²) in [5, 5.41) is 0.856. The molecule has 3 N–H and O–H groups in total. The number of carbonyl (C=O) groups is 1. The lowest BCUT2D eigenvalue weighted by Gasteiger charge is -2.58. The first-order chi connectivity index (χ1) is 17.0. The Hall–Kier alpha value is -3.62. The number of benzene rings is 1. The number of aromatic nitrogens is 4. The molecule has 4 aromatic rings. The fraction of sp³-hybridized carbons (Fsp3) is 0.333. The molecule has 1 saturated carbocycles. The number of pyridine rings is 2. The smallest absolute Gasteiger partial charge is 0.339 e. The third-order valence-corrected chi connectivity index (χ3v) is 7.12. The van der Waals surface area contributed by atoms with Crippen LogP contribution in [0.15, 0.2) is 55.0 Å². The number of H-pyrrole nitrogens is 1. The number of esters is 1. The zero-order valence-electron chi connectivity index (χ0n) is 19.7. The quantitative estimate of drug-likeness (QED) is 0.416. The molecule has 178 valence electrons. The number of imidazole rings is 1. The summed E-state index contributed by atoms with van der Waals surface area (Å²) >= 11 is 0. The highest BCUT2D eigenvalue weighted by Crippen LogP contribution is 2.47. The van der Waals surface area contributed by atoms with Crippen molar-refractivity contribution in [2.75, 3.05) is 26.2 Å². The van der Waals surface area contributed by atoms with E-state index >= 15 is 0 Å². The number of hydrogen-bond donors (Lipinski definition) is 2. The molecular formula is C27H28N6O2. The molecule has 1 aliphatic carbocycles. The first kappa shape index (κ1) is 21.9. The van der Waals surface area contributed by atoms with Gasteiger partial charge in [-0.05, 0) is 55.5 Å².